The van der Waals surface area contributed by atoms with Crippen molar-refractivity contribution in [3.63, 3.8) is 0 Å². The van der Waals surface area contributed by atoms with Crippen molar-refractivity contribution in [1.82, 2.24) is 4.98 Å². The van der Waals surface area contributed by atoms with E-state index in [0.717, 1.165) is 18.3 Å². The number of amides is 1. The molecule has 2 rings (SSSR count). The van der Waals surface area contributed by atoms with Gasteiger partial charge in [0, 0.05) is 11.1 Å². The number of hydrogen-bond acceptors (Lipinski definition) is 3. The van der Waals surface area contributed by atoms with E-state index in [2.05, 4.69) is 4.98 Å². The first-order valence-electron chi connectivity index (χ1n) is 5.64. The average molecular weight is 314 g/mol. The van der Waals surface area contributed by atoms with Gasteiger partial charge in [-0.2, -0.15) is 13.2 Å². The number of nitrogens with two attached hydrogens (primary N) is 1. The topological polar surface area (TPSA) is 73.1 Å². The summed E-state index contributed by atoms with van der Waals surface area (Å²) >= 11 is 0. The highest BCUT2D eigenvalue weighted by molar-refractivity contribution is 7.85. The second-order valence-corrected chi connectivity index (χ2v) is 5.52. The Labute approximate surface area is 120 Å². The SMILES string of the molecule is NC(=O)c1ccc(S(=O)c2cccc(C(F)(F)F)c2)cn1. The van der Waals surface area contributed by atoms with Gasteiger partial charge in [0.1, 0.15) is 5.69 Å². The van der Waals surface area contributed by atoms with Crippen LogP contribution in [0.3, 0.4) is 0 Å². The monoisotopic (exact) mass is 314 g/mol. The molecule has 0 aliphatic rings. The molecule has 4 nitrogen and oxygen atoms in total. The number of primary amides is 1. The van der Waals surface area contributed by atoms with Gasteiger partial charge in [-0.3, -0.25) is 4.79 Å². The number of pyridine rings is 1. The van der Waals surface area contributed by atoms with Gasteiger partial charge in [0.25, 0.3) is 5.91 Å². The molecule has 8 heteroatoms. The van der Waals surface area contributed by atoms with Gasteiger partial charge < -0.3 is 5.73 Å². The zero-order valence-electron chi connectivity index (χ0n) is 10.4. The Morgan fingerprint density at radius 3 is 2.38 bits per heavy atom. The van der Waals surface area contributed by atoms with Crippen molar-refractivity contribution in [2.45, 2.75) is 16.0 Å². The fraction of sp³-hybridized carbons (Fsp3) is 0.0769. The van der Waals surface area contributed by atoms with Gasteiger partial charge in [-0.15, -0.1) is 0 Å². The first kappa shape index (κ1) is 15.2. The number of alkyl halides is 3. The molecule has 0 bridgehead atoms. The number of halogens is 3. The van der Waals surface area contributed by atoms with E-state index in [0.29, 0.717) is 0 Å². The lowest BCUT2D eigenvalue weighted by Gasteiger charge is -2.08. The quantitative estimate of drug-likeness (QED) is 0.945. The second kappa shape index (κ2) is 5.65. The van der Waals surface area contributed by atoms with Crippen LogP contribution in [0.2, 0.25) is 0 Å². The van der Waals surface area contributed by atoms with Crippen LogP contribution < -0.4 is 5.73 Å². The summed E-state index contributed by atoms with van der Waals surface area (Å²) in [4.78, 5) is 14.8. The van der Waals surface area contributed by atoms with E-state index in [1.165, 1.54) is 24.3 Å². The van der Waals surface area contributed by atoms with E-state index in [4.69, 9.17) is 5.73 Å². The summed E-state index contributed by atoms with van der Waals surface area (Å²) in [6, 6.07) is 6.83. The van der Waals surface area contributed by atoms with Crippen molar-refractivity contribution in [3.8, 4) is 0 Å². The molecule has 0 aliphatic heterocycles. The number of nitrogens with zero attached hydrogens (tertiary/aromatic N) is 1. The molecular formula is C13H9F3N2O2S. The van der Waals surface area contributed by atoms with Gasteiger partial charge in [0.2, 0.25) is 0 Å². The Balaban J connectivity index is 2.34. The molecule has 21 heavy (non-hydrogen) atoms. The molecule has 0 saturated carbocycles. The summed E-state index contributed by atoms with van der Waals surface area (Å²) in [5.74, 6) is -0.744. The Kier molecular flexibility index (Phi) is 4.08. The van der Waals surface area contributed by atoms with Crippen molar-refractivity contribution in [3.05, 3.63) is 53.9 Å². The summed E-state index contributed by atoms with van der Waals surface area (Å²) in [7, 11) is -1.83. The predicted octanol–water partition coefficient (Wildman–Crippen LogP) is 2.37. The van der Waals surface area contributed by atoms with Crippen molar-refractivity contribution in [2.24, 2.45) is 5.73 Å². The van der Waals surface area contributed by atoms with Crippen LogP contribution >= 0.6 is 0 Å². The lowest BCUT2D eigenvalue weighted by Crippen LogP contribution is -2.13. The lowest BCUT2D eigenvalue weighted by molar-refractivity contribution is -0.137. The molecule has 0 aliphatic carbocycles. The van der Waals surface area contributed by atoms with Crippen LogP contribution in [0.4, 0.5) is 13.2 Å². The summed E-state index contributed by atoms with van der Waals surface area (Å²) in [6.07, 6.45) is -3.36. The normalized spacial score (nSPS) is 12.9. The zero-order chi connectivity index (χ0) is 15.6. The van der Waals surface area contributed by atoms with Gasteiger partial charge in [-0.05, 0) is 30.3 Å². The number of benzene rings is 1. The smallest absolute Gasteiger partial charge is 0.364 e. The highest BCUT2D eigenvalue weighted by Crippen LogP contribution is 2.30. The van der Waals surface area contributed by atoms with Crippen molar-refractivity contribution >= 4 is 16.7 Å². The number of rotatable bonds is 3. The van der Waals surface area contributed by atoms with Gasteiger partial charge in [0.15, 0.2) is 0 Å². The van der Waals surface area contributed by atoms with Crippen LogP contribution in [0.15, 0.2) is 52.4 Å². The molecule has 2 N–H and O–H groups in total. The average Bonchev–Trinajstić information content (AvgIpc) is 2.46. The van der Waals surface area contributed by atoms with Crippen molar-refractivity contribution in [2.75, 3.05) is 0 Å². The molecule has 0 saturated heterocycles. The van der Waals surface area contributed by atoms with E-state index in [1.807, 2.05) is 0 Å². The molecule has 0 fully saturated rings. The van der Waals surface area contributed by atoms with Crippen molar-refractivity contribution in [1.29, 1.82) is 0 Å². The van der Waals surface area contributed by atoms with E-state index in [1.54, 1.807) is 0 Å². The molecular weight excluding hydrogens is 305 g/mol. The standard InChI is InChI=1S/C13H9F3N2O2S/c14-13(15,16)8-2-1-3-9(6-8)21(20)10-4-5-11(12(17)19)18-7-10/h1-7H,(H2,17,19). The van der Waals surface area contributed by atoms with Crippen LogP contribution in [-0.2, 0) is 17.0 Å². The van der Waals surface area contributed by atoms with Crippen LogP contribution in [0.1, 0.15) is 16.1 Å². The Morgan fingerprint density at radius 2 is 1.86 bits per heavy atom. The van der Waals surface area contributed by atoms with Gasteiger partial charge >= 0.3 is 6.18 Å². The van der Waals surface area contributed by atoms with Crippen LogP contribution in [0.5, 0.6) is 0 Å². The van der Waals surface area contributed by atoms with E-state index in [-0.39, 0.29) is 15.5 Å². The summed E-state index contributed by atoms with van der Waals surface area (Å²) in [6.45, 7) is 0. The molecule has 0 spiro atoms. The van der Waals surface area contributed by atoms with E-state index in [9.17, 15) is 22.2 Å². The zero-order valence-corrected chi connectivity index (χ0v) is 11.2. The largest absolute Gasteiger partial charge is 0.416 e. The summed E-state index contributed by atoms with van der Waals surface area (Å²) in [5, 5.41) is 0. The number of hydrogen-bond donors (Lipinski definition) is 1. The molecule has 1 aromatic heterocycles. The van der Waals surface area contributed by atoms with E-state index >= 15 is 0 Å². The highest BCUT2D eigenvalue weighted by Gasteiger charge is 2.30. The predicted molar refractivity (Wildman–Crippen MR) is 68.9 cm³/mol. The third-order valence-corrected chi connectivity index (χ3v) is 3.93. The second-order valence-electron chi connectivity index (χ2n) is 4.04. The van der Waals surface area contributed by atoms with Crippen molar-refractivity contribution < 1.29 is 22.2 Å². The third kappa shape index (κ3) is 3.46. The Bertz CT molecular complexity index is 699. The third-order valence-electron chi connectivity index (χ3n) is 2.58. The van der Waals surface area contributed by atoms with Gasteiger partial charge in [-0.25, -0.2) is 9.19 Å². The molecule has 2 aromatic rings. The van der Waals surface area contributed by atoms with Gasteiger partial charge in [-0.1, -0.05) is 6.07 Å². The summed E-state index contributed by atoms with van der Waals surface area (Å²) in [5.41, 5.74) is 4.12. The lowest BCUT2D eigenvalue weighted by atomic mass is 10.2. The summed E-state index contributed by atoms with van der Waals surface area (Å²) < 4.78 is 50.0. The molecule has 1 heterocycles. The van der Waals surface area contributed by atoms with Gasteiger partial charge in [0.05, 0.1) is 21.3 Å². The first-order valence-corrected chi connectivity index (χ1v) is 6.79. The Morgan fingerprint density at radius 1 is 1.14 bits per heavy atom. The fourth-order valence-corrected chi connectivity index (χ4v) is 2.61. The molecule has 1 unspecified atom stereocenters. The van der Waals surface area contributed by atoms with Crippen LogP contribution in [0.25, 0.3) is 0 Å². The number of aromatic nitrogens is 1. The highest BCUT2D eigenvalue weighted by atomic mass is 32.2. The molecule has 110 valence electrons. The maximum Gasteiger partial charge on any atom is 0.416 e. The minimum absolute atomic E-state index is 0.00144. The molecule has 0 radical (unpaired) electrons. The Hall–Kier alpha value is -2.22. The van der Waals surface area contributed by atoms with E-state index < -0.39 is 28.4 Å². The molecule has 1 aromatic carbocycles. The number of carbonyl (C=O) groups excluding carboxylic acids is 1. The first-order chi connectivity index (χ1) is 9.79. The van der Waals surface area contributed by atoms with Crippen LogP contribution in [0, 0.1) is 0 Å². The maximum absolute atomic E-state index is 12.6. The maximum atomic E-state index is 12.6. The minimum atomic E-state index is -4.51. The molecule has 1 atom stereocenters. The number of carbonyl (C=O) groups is 1. The fourth-order valence-electron chi connectivity index (χ4n) is 1.56. The minimum Gasteiger partial charge on any atom is -0.364 e. The molecule has 1 amide bonds. The van der Waals surface area contributed by atoms with Crippen LogP contribution in [-0.4, -0.2) is 15.1 Å².